The topological polar surface area (TPSA) is 49.9 Å². The molecule has 2 aliphatic heterocycles. The zero-order valence-electron chi connectivity index (χ0n) is 14.5. The smallest absolute Gasteiger partial charge is 0.244 e. The maximum atomic E-state index is 13.3. The number of halogens is 2. The fourth-order valence-corrected chi connectivity index (χ4v) is 6.55. The summed E-state index contributed by atoms with van der Waals surface area (Å²) in [6, 6.07) is 3.67. The standard InChI is InChI=1S/C17H24BrFN2O3S/c1-12-9-20(10-13(2)24-12)11-15-4-3-7-21(15)25(22,23)17-6-5-14(19)8-16(17)18/h5-6,8,12-13,15H,3-4,7,9-11H2,1-2H3. The van der Waals surface area contributed by atoms with Crippen molar-refractivity contribution in [1.82, 2.24) is 9.21 Å². The molecule has 25 heavy (non-hydrogen) atoms. The van der Waals surface area contributed by atoms with Crippen LogP contribution < -0.4 is 0 Å². The van der Waals surface area contributed by atoms with Crippen LogP contribution in [0.4, 0.5) is 4.39 Å². The Kier molecular flexibility index (Phi) is 5.85. The minimum Gasteiger partial charge on any atom is -0.373 e. The predicted molar refractivity (Wildman–Crippen MR) is 97.5 cm³/mol. The fraction of sp³-hybridized carbons (Fsp3) is 0.647. The molecule has 0 aliphatic carbocycles. The molecule has 2 fully saturated rings. The molecule has 3 rings (SSSR count). The van der Waals surface area contributed by atoms with Crippen LogP contribution in [-0.4, -0.2) is 62.1 Å². The van der Waals surface area contributed by atoms with Crippen LogP contribution in [-0.2, 0) is 14.8 Å². The van der Waals surface area contributed by atoms with Crippen molar-refractivity contribution in [2.75, 3.05) is 26.2 Å². The van der Waals surface area contributed by atoms with Gasteiger partial charge in [0.25, 0.3) is 0 Å². The summed E-state index contributed by atoms with van der Waals surface area (Å²) < 4.78 is 47.1. The first kappa shape index (κ1) is 19.2. The summed E-state index contributed by atoms with van der Waals surface area (Å²) in [6.07, 6.45) is 2.00. The van der Waals surface area contributed by atoms with Crippen molar-refractivity contribution in [3.8, 4) is 0 Å². The Morgan fingerprint density at radius 1 is 1.28 bits per heavy atom. The van der Waals surface area contributed by atoms with E-state index in [1.54, 1.807) is 4.31 Å². The molecule has 0 bridgehead atoms. The van der Waals surface area contributed by atoms with Gasteiger partial charge in [-0.25, -0.2) is 12.8 Å². The van der Waals surface area contributed by atoms with Crippen molar-refractivity contribution >= 4 is 26.0 Å². The molecule has 2 aliphatic rings. The molecule has 8 heteroatoms. The van der Waals surface area contributed by atoms with E-state index < -0.39 is 15.8 Å². The summed E-state index contributed by atoms with van der Waals surface area (Å²) in [4.78, 5) is 2.42. The molecule has 2 saturated heterocycles. The Labute approximate surface area is 157 Å². The third-order valence-corrected chi connectivity index (χ3v) is 7.70. The largest absolute Gasteiger partial charge is 0.373 e. The zero-order valence-corrected chi connectivity index (χ0v) is 16.9. The first-order valence-corrected chi connectivity index (χ1v) is 10.9. The van der Waals surface area contributed by atoms with Crippen LogP contribution in [0.25, 0.3) is 0 Å². The summed E-state index contributed by atoms with van der Waals surface area (Å²) in [7, 11) is -3.65. The van der Waals surface area contributed by atoms with Crippen molar-refractivity contribution < 1.29 is 17.5 Å². The molecule has 5 nitrogen and oxygen atoms in total. The molecule has 1 aromatic rings. The molecule has 140 valence electrons. The van der Waals surface area contributed by atoms with Crippen LogP contribution in [0.1, 0.15) is 26.7 Å². The number of rotatable bonds is 4. The lowest BCUT2D eigenvalue weighted by Gasteiger charge is -2.38. The van der Waals surface area contributed by atoms with Crippen molar-refractivity contribution in [1.29, 1.82) is 0 Å². The molecular weight excluding hydrogens is 411 g/mol. The van der Waals surface area contributed by atoms with Gasteiger partial charge in [0.15, 0.2) is 0 Å². The molecule has 0 radical (unpaired) electrons. The first-order chi connectivity index (χ1) is 11.8. The van der Waals surface area contributed by atoms with Crippen molar-refractivity contribution in [3.63, 3.8) is 0 Å². The van der Waals surface area contributed by atoms with Gasteiger partial charge in [0.05, 0.1) is 17.1 Å². The lowest BCUT2D eigenvalue weighted by Crippen LogP contribution is -2.50. The van der Waals surface area contributed by atoms with Gasteiger partial charge in [0, 0.05) is 36.7 Å². The van der Waals surface area contributed by atoms with Gasteiger partial charge < -0.3 is 4.74 Å². The zero-order chi connectivity index (χ0) is 18.2. The molecule has 1 aromatic carbocycles. The molecule has 2 heterocycles. The van der Waals surface area contributed by atoms with E-state index in [-0.39, 0.29) is 27.6 Å². The molecule has 3 atom stereocenters. The van der Waals surface area contributed by atoms with E-state index in [1.165, 1.54) is 18.2 Å². The minimum absolute atomic E-state index is 0.0561. The van der Waals surface area contributed by atoms with Gasteiger partial charge in [-0.15, -0.1) is 0 Å². The van der Waals surface area contributed by atoms with E-state index in [9.17, 15) is 12.8 Å². The Morgan fingerprint density at radius 2 is 1.96 bits per heavy atom. The van der Waals surface area contributed by atoms with E-state index >= 15 is 0 Å². The lowest BCUT2D eigenvalue weighted by atomic mass is 10.1. The molecule has 3 unspecified atom stereocenters. The second kappa shape index (κ2) is 7.60. The van der Waals surface area contributed by atoms with Gasteiger partial charge in [-0.1, -0.05) is 0 Å². The van der Waals surface area contributed by atoms with Crippen LogP contribution in [0.5, 0.6) is 0 Å². The summed E-state index contributed by atoms with van der Waals surface area (Å²) in [5.41, 5.74) is 0. The highest BCUT2D eigenvalue weighted by Gasteiger charge is 2.38. The summed E-state index contributed by atoms with van der Waals surface area (Å²) in [6.45, 7) is 6.93. The van der Waals surface area contributed by atoms with Crippen molar-refractivity contribution in [3.05, 3.63) is 28.5 Å². The molecule has 0 spiro atoms. The Bertz CT molecular complexity index is 721. The van der Waals surface area contributed by atoms with Crippen molar-refractivity contribution in [2.45, 2.75) is 49.8 Å². The van der Waals surface area contributed by atoms with E-state index in [1.807, 2.05) is 13.8 Å². The molecular formula is C17H24BrFN2O3S. The van der Waals surface area contributed by atoms with E-state index in [0.29, 0.717) is 13.1 Å². The number of benzene rings is 1. The number of hydrogen-bond donors (Lipinski definition) is 0. The second-order valence-corrected chi connectivity index (χ2v) is 9.68. The number of ether oxygens (including phenoxy) is 1. The van der Waals surface area contributed by atoms with E-state index in [2.05, 4.69) is 20.8 Å². The third kappa shape index (κ3) is 4.24. The molecule has 0 saturated carbocycles. The van der Waals surface area contributed by atoms with Gasteiger partial charge in [-0.2, -0.15) is 4.31 Å². The van der Waals surface area contributed by atoms with Crippen LogP contribution >= 0.6 is 15.9 Å². The summed E-state index contributed by atoms with van der Waals surface area (Å²) in [5, 5.41) is 0. The minimum atomic E-state index is -3.65. The third-order valence-electron chi connectivity index (χ3n) is 4.77. The van der Waals surface area contributed by atoms with Gasteiger partial charge in [0.1, 0.15) is 5.82 Å². The van der Waals surface area contributed by atoms with E-state index in [0.717, 1.165) is 25.9 Å². The molecule has 0 aromatic heterocycles. The fourth-order valence-electron chi connectivity index (χ4n) is 3.85. The number of hydrogen-bond acceptors (Lipinski definition) is 4. The monoisotopic (exact) mass is 434 g/mol. The summed E-state index contributed by atoms with van der Waals surface area (Å²) >= 11 is 3.19. The van der Waals surface area contributed by atoms with Crippen LogP contribution in [0.15, 0.2) is 27.6 Å². The number of morpholine rings is 1. The van der Waals surface area contributed by atoms with Gasteiger partial charge in [0.2, 0.25) is 10.0 Å². The molecule has 0 N–H and O–H groups in total. The Morgan fingerprint density at radius 3 is 2.60 bits per heavy atom. The predicted octanol–water partition coefficient (Wildman–Crippen LogP) is 2.85. The molecule has 0 amide bonds. The number of nitrogens with zero attached hydrogens (tertiary/aromatic N) is 2. The Hall–Kier alpha value is -0.540. The summed E-state index contributed by atoms with van der Waals surface area (Å²) in [5.74, 6) is -0.458. The SMILES string of the molecule is CC1CN(CC2CCCN2S(=O)(=O)c2ccc(F)cc2Br)CC(C)O1. The van der Waals surface area contributed by atoms with Gasteiger partial charge in [-0.05, 0) is 60.8 Å². The second-order valence-electron chi connectivity index (χ2n) is 6.96. The average molecular weight is 435 g/mol. The Balaban J connectivity index is 1.78. The van der Waals surface area contributed by atoms with Crippen LogP contribution in [0.2, 0.25) is 0 Å². The van der Waals surface area contributed by atoms with Crippen LogP contribution in [0.3, 0.4) is 0 Å². The van der Waals surface area contributed by atoms with Crippen LogP contribution in [0, 0.1) is 5.82 Å². The average Bonchev–Trinajstić information content (AvgIpc) is 2.94. The first-order valence-electron chi connectivity index (χ1n) is 8.62. The highest BCUT2D eigenvalue weighted by Crippen LogP contribution is 2.31. The quantitative estimate of drug-likeness (QED) is 0.730. The van der Waals surface area contributed by atoms with E-state index in [4.69, 9.17) is 4.74 Å². The normalized spacial score (nSPS) is 29.2. The number of sulfonamides is 1. The maximum absolute atomic E-state index is 13.3. The maximum Gasteiger partial charge on any atom is 0.244 e. The van der Waals surface area contributed by atoms with Gasteiger partial charge in [-0.3, -0.25) is 4.90 Å². The lowest BCUT2D eigenvalue weighted by molar-refractivity contribution is -0.0707. The highest BCUT2D eigenvalue weighted by atomic mass is 79.9. The van der Waals surface area contributed by atoms with Crippen molar-refractivity contribution in [2.24, 2.45) is 0 Å². The van der Waals surface area contributed by atoms with Gasteiger partial charge >= 0.3 is 0 Å². The highest BCUT2D eigenvalue weighted by molar-refractivity contribution is 9.10.